The van der Waals surface area contributed by atoms with E-state index in [1.54, 1.807) is 0 Å². The molecular formula is C11H20N2O2. The van der Waals surface area contributed by atoms with Crippen molar-refractivity contribution < 1.29 is 9.59 Å². The second-order valence-corrected chi connectivity index (χ2v) is 4.57. The number of nitrogens with zero attached hydrogens (tertiary/aromatic N) is 1. The first-order valence-electron chi connectivity index (χ1n) is 5.50. The molecule has 4 heteroatoms. The van der Waals surface area contributed by atoms with Crippen LogP contribution in [0.1, 0.15) is 33.1 Å². The maximum Gasteiger partial charge on any atom is 0.234 e. The molecule has 1 amide bonds. The van der Waals surface area contributed by atoms with E-state index < -0.39 is 0 Å². The number of amides is 1. The van der Waals surface area contributed by atoms with Crippen molar-refractivity contribution in [2.24, 2.45) is 0 Å². The molecule has 0 aliphatic heterocycles. The van der Waals surface area contributed by atoms with Gasteiger partial charge in [0.1, 0.15) is 5.78 Å². The molecule has 0 bridgehead atoms. The van der Waals surface area contributed by atoms with Gasteiger partial charge >= 0.3 is 0 Å². The zero-order valence-corrected chi connectivity index (χ0v) is 9.75. The molecular weight excluding hydrogens is 192 g/mol. The number of rotatable bonds is 4. The Morgan fingerprint density at radius 2 is 2.27 bits per heavy atom. The van der Waals surface area contributed by atoms with Crippen molar-refractivity contribution in [2.75, 3.05) is 13.6 Å². The Balaban J connectivity index is 2.32. The fourth-order valence-electron chi connectivity index (χ4n) is 1.89. The lowest BCUT2D eigenvalue weighted by Gasteiger charge is -2.23. The van der Waals surface area contributed by atoms with Crippen LogP contribution in [0.3, 0.4) is 0 Å². The molecule has 1 atom stereocenters. The summed E-state index contributed by atoms with van der Waals surface area (Å²) in [5.74, 6) is 0.350. The highest BCUT2D eigenvalue weighted by atomic mass is 16.2. The van der Waals surface area contributed by atoms with Crippen LogP contribution < -0.4 is 5.32 Å². The Kier molecular flexibility index (Phi) is 4.27. The highest BCUT2D eigenvalue weighted by Crippen LogP contribution is 2.19. The van der Waals surface area contributed by atoms with E-state index in [0.29, 0.717) is 25.2 Å². The van der Waals surface area contributed by atoms with Gasteiger partial charge in [-0.1, -0.05) is 0 Å². The maximum atomic E-state index is 11.5. The van der Waals surface area contributed by atoms with E-state index in [4.69, 9.17) is 0 Å². The highest BCUT2D eigenvalue weighted by molar-refractivity contribution is 5.82. The molecule has 0 saturated heterocycles. The molecule has 0 aromatic carbocycles. The Morgan fingerprint density at radius 1 is 1.60 bits per heavy atom. The molecule has 0 heterocycles. The molecule has 1 aliphatic rings. The van der Waals surface area contributed by atoms with Gasteiger partial charge in [-0.15, -0.1) is 0 Å². The third-order valence-electron chi connectivity index (χ3n) is 2.69. The molecule has 1 fully saturated rings. The van der Waals surface area contributed by atoms with Crippen LogP contribution >= 0.6 is 0 Å². The lowest BCUT2D eigenvalue weighted by Crippen LogP contribution is -2.41. The fraction of sp³-hybridized carbons (Fsp3) is 0.818. The summed E-state index contributed by atoms with van der Waals surface area (Å²) in [6.45, 7) is 4.27. The number of nitrogens with one attached hydrogen (secondary N) is 1. The van der Waals surface area contributed by atoms with Gasteiger partial charge in [-0.25, -0.2) is 0 Å². The molecule has 1 saturated carbocycles. The van der Waals surface area contributed by atoms with Crippen molar-refractivity contribution in [3.05, 3.63) is 0 Å². The summed E-state index contributed by atoms with van der Waals surface area (Å²) in [5.41, 5.74) is 0. The zero-order chi connectivity index (χ0) is 11.4. The maximum absolute atomic E-state index is 11.5. The summed E-state index contributed by atoms with van der Waals surface area (Å²) >= 11 is 0. The molecule has 1 N–H and O–H groups in total. The number of likely N-dealkylation sites (N-methyl/N-ethyl adjacent to an activating group) is 1. The molecule has 4 nitrogen and oxygen atoms in total. The van der Waals surface area contributed by atoms with Crippen molar-refractivity contribution >= 4 is 11.7 Å². The van der Waals surface area contributed by atoms with Gasteiger partial charge in [-0.05, 0) is 27.3 Å². The van der Waals surface area contributed by atoms with Crippen molar-refractivity contribution in [1.82, 2.24) is 10.2 Å². The van der Waals surface area contributed by atoms with Gasteiger partial charge in [-0.2, -0.15) is 0 Å². The Labute approximate surface area is 91.0 Å². The lowest BCUT2D eigenvalue weighted by atomic mass is 10.2. The van der Waals surface area contributed by atoms with Crippen molar-refractivity contribution in [3.8, 4) is 0 Å². The summed E-state index contributed by atoms with van der Waals surface area (Å²) in [6, 6.07) is 0.437. The van der Waals surface area contributed by atoms with Crippen molar-refractivity contribution in [3.63, 3.8) is 0 Å². The van der Waals surface area contributed by atoms with Gasteiger partial charge in [0.15, 0.2) is 0 Å². The predicted molar refractivity (Wildman–Crippen MR) is 58.6 cm³/mol. The number of hydrogen-bond donors (Lipinski definition) is 1. The number of carbonyl (C=O) groups excluding carboxylic acids is 2. The van der Waals surface area contributed by atoms with E-state index in [2.05, 4.69) is 5.32 Å². The van der Waals surface area contributed by atoms with Gasteiger partial charge < -0.3 is 5.32 Å². The van der Waals surface area contributed by atoms with Crippen LogP contribution in [0.25, 0.3) is 0 Å². The third-order valence-corrected chi connectivity index (χ3v) is 2.69. The molecule has 1 aliphatic carbocycles. The van der Waals surface area contributed by atoms with E-state index >= 15 is 0 Å². The average Bonchev–Trinajstić information content (AvgIpc) is 2.49. The van der Waals surface area contributed by atoms with Crippen LogP contribution in [0.15, 0.2) is 0 Å². The van der Waals surface area contributed by atoms with Crippen molar-refractivity contribution in [2.45, 2.75) is 45.2 Å². The van der Waals surface area contributed by atoms with E-state index in [1.807, 2.05) is 25.8 Å². The number of hydrogen-bond acceptors (Lipinski definition) is 3. The highest BCUT2D eigenvalue weighted by Gasteiger charge is 2.26. The molecule has 15 heavy (non-hydrogen) atoms. The van der Waals surface area contributed by atoms with E-state index in [9.17, 15) is 9.59 Å². The first-order valence-corrected chi connectivity index (χ1v) is 5.50. The molecule has 1 unspecified atom stereocenters. The number of carbonyl (C=O) groups is 2. The lowest BCUT2D eigenvalue weighted by molar-refractivity contribution is -0.123. The molecule has 0 spiro atoms. The van der Waals surface area contributed by atoms with E-state index in [1.165, 1.54) is 0 Å². The zero-order valence-electron chi connectivity index (χ0n) is 9.75. The minimum atomic E-state index is 0.0341. The largest absolute Gasteiger partial charge is 0.353 e. The normalized spacial score (nSPS) is 21.4. The first-order chi connectivity index (χ1) is 6.99. The summed E-state index contributed by atoms with van der Waals surface area (Å²) in [5, 5.41) is 2.84. The Morgan fingerprint density at radius 3 is 2.73 bits per heavy atom. The van der Waals surface area contributed by atoms with Gasteiger partial charge in [0.05, 0.1) is 6.54 Å². The Bertz CT molecular complexity index is 251. The van der Waals surface area contributed by atoms with Gasteiger partial charge in [-0.3, -0.25) is 14.5 Å². The van der Waals surface area contributed by atoms with Gasteiger partial charge in [0.25, 0.3) is 0 Å². The predicted octanol–water partition coefficient (Wildman–Crippen LogP) is 0.564. The van der Waals surface area contributed by atoms with Crippen LogP contribution in [0.2, 0.25) is 0 Å². The van der Waals surface area contributed by atoms with Crippen LogP contribution in [-0.4, -0.2) is 42.3 Å². The Hall–Kier alpha value is -0.900. The van der Waals surface area contributed by atoms with Crippen LogP contribution in [-0.2, 0) is 9.59 Å². The standard InChI is InChI=1S/C11H20N2O2/c1-8(2)12-11(15)7-13(3)9-4-5-10(14)6-9/h8-9H,4-7H2,1-3H3,(H,12,15). The minimum Gasteiger partial charge on any atom is -0.353 e. The van der Waals surface area contributed by atoms with Crippen molar-refractivity contribution in [1.29, 1.82) is 0 Å². The summed E-state index contributed by atoms with van der Waals surface area (Å²) in [7, 11) is 1.91. The molecule has 0 radical (unpaired) electrons. The second kappa shape index (κ2) is 5.26. The molecule has 86 valence electrons. The van der Waals surface area contributed by atoms with Gasteiger partial charge in [0, 0.05) is 24.9 Å². The SMILES string of the molecule is CC(C)NC(=O)CN(C)C1CCC(=O)C1. The smallest absolute Gasteiger partial charge is 0.234 e. The van der Waals surface area contributed by atoms with E-state index in [-0.39, 0.29) is 18.0 Å². The van der Waals surface area contributed by atoms with E-state index in [0.717, 1.165) is 6.42 Å². The summed E-state index contributed by atoms with van der Waals surface area (Å²) in [6.07, 6.45) is 2.16. The summed E-state index contributed by atoms with van der Waals surface area (Å²) < 4.78 is 0. The van der Waals surface area contributed by atoms with Crippen LogP contribution in [0, 0.1) is 0 Å². The monoisotopic (exact) mass is 212 g/mol. The first kappa shape index (κ1) is 12.2. The molecule has 0 aromatic rings. The third kappa shape index (κ3) is 4.00. The fourth-order valence-corrected chi connectivity index (χ4v) is 1.89. The number of Topliss-reactive ketones (excluding diaryl/α,β-unsaturated/α-hetero) is 1. The quantitative estimate of drug-likeness (QED) is 0.741. The summed E-state index contributed by atoms with van der Waals surface area (Å²) in [4.78, 5) is 24.5. The molecule has 1 rings (SSSR count). The molecule has 0 aromatic heterocycles. The number of ketones is 1. The van der Waals surface area contributed by atoms with Crippen LogP contribution in [0.5, 0.6) is 0 Å². The van der Waals surface area contributed by atoms with Crippen LogP contribution in [0.4, 0.5) is 0 Å². The minimum absolute atomic E-state index is 0.0341. The average molecular weight is 212 g/mol. The second-order valence-electron chi connectivity index (χ2n) is 4.57. The topological polar surface area (TPSA) is 49.4 Å². The van der Waals surface area contributed by atoms with Gasteiger partial charge in [0.2, 0.25) is 5.91 Å².